The van der Waals surface area contributed by atoms with E-state index < -0.39 is 10.0 Å². The molecule has 0 aliphatic rings. The summed E-state index contributed by atoms with van der Waals surface area (Å²) in [6.45, 7) is 4.42. The molecule has 1 aromatic carbocycles. The van der Waals surface area contributed by atoms with Gasteiger partial charge in [-0.1, -0.05) is 18.2 Å². The van der Waals surface area contributed by atoms with Crippen molar-refractivity contribution in [2.45, 2.75) is 11.3 Å². The molecule has 20 heavy (non-hydrogen) atoms. The molecule has 0 radical (unpaired) electrons. The van der Waals surface area contributed by atoms with Gasteiger partial charge in [-0.2, -0.15) is 4.31 Å². The summed E-state index contributed by atoms with van der Waals surface area (Å²) in [4.78, 5) is 0.237. The van der Waals surface area contributed by atoms with E-state index in [-0.39, 0.29) is 24.6 Å². The molecule has 1 rings (SSSR count). The summed E-state index contributed by atoms with van der Waals surface area (Å²) in [7, 11) is -1.70. The Morgan fingerprint density at radius 2 is 2.00 bits per heavy atom. The van der Waals surface area contributed by atoms with Crippen molar-refractivity contribution in [2.75, 3.05) is 33.3 Å². The van der Waals surface area contributed by atoms with E-state index >= 15 is 0 Å². The smallest absolute Gasteiger partial charge is 0.243 e. The highest BCUT2D eigenvalue weighted by molar-refractivity contribution is 7.89. The lowest BCUT2D eigenvalue weighted by atomic mass is 10.1. The number of likely N-dealkylation sites (N-methyl/N-ethyl adjacent to an activating group) is 1. The Balaban J connectivity index is 2.93. The van der Waals surface area contributed by atoms with E-state index in [0.717, 1.165) is 18.5 Å². The quantitative estimate of drug-likeness (QED) is 0.656. The Hall–Kier alpha value is -1.21. The summed E-state index contributed by atoms with van der Waals surface area (Å²) in [5.41, 5.74) is 1.08. The maximum absolute atomic E-state index is 12.4. The second-order valence-corrected chi connectivity index (χ2v) is 6.31. The first-order valence-electron chi connectivity index (χ1n) is 6.51. The topological polar surface area (TPSA) is 69.6 Å². The third-order valence-corrected chi connectivity index (χ3v) is 4.79. The Morgan fingerprint density at radius 1 is 1.35 bits per heavy atom. The van der Waals surface area contributed by atoms with E-state index in [4.69, 9.17) is 5.11 Å². The number of nitrogens with one attached hydrogen (secondary N) is 1. The maximum Gasteiger partial charge on any atom is 0.243 e. The van der Waals surface area contributed by atoms with Gasteiger partial charge in [0.15, 0.2) is 0 Å². The van der Waals surface area contributed by atoms with Crippen LogP contribution in [-0.4, -0.2) is 51.1 Å². The minimum absolute atomic E-state index is 0.0653. The first-order valence-corrected chi connectivity index (χ1v) is 7.95. The van der Waals surface area contributed by atoms with Gasteiger partial charge < -0.3 is 10.4 Å². The first kappa shape index (κ1) is 16.8. The van der Waals surface area contributed by atoms with Crippen molar-refractivity contribution in [2.24, 2.45) is 0 Å². The van der Waals surface area contributed by atoms with Crippen LogP contribution >= 0.6 is 0 Å². The van der Waals surface area contributed by atoms with Crippen LogP contribution in [0, 0.1) is 0 Å². The van der Waals surface area contributed by atoms with Crippen molar-refractivity contribution in [3.8, 4) is 0 Å². The highest BCUT2D eigenvalue weighted by Gasteiger charge is 2.22. The van der Waals surface area contributed by atoms with Crippen LogP contribution < -0.4 is 5.32 Å². The molecule has 112 valence electrons. The molecule has 0 saturated heterocycles. The largest absolute Gasteiger partial charge is 0.395 e. The predicted molar refractivity (Wildman–Crippen MR) is 80.1 cm³/mol. The predicted octanol–water partition coefficient (Wildman–Crippen LogP) is 0.617. The second-order valence-electron chi connectivity index (χ2n) is 4.37. The van der Waals surface area contributed by atoms with Crippen LogP contribution in [0.25, 0.3) is 0 Å². The molecule has 0 atom stereocenters. The number of aliphatic hydroxyl groups is 1. The molecule has 2 N–H and O–H groups in total. The number of hydrogen-bond donors (Lipinski definition) is 2. The fourth-order valence-corrected chi connectivity index (χ4v) is 3.21. The Kier molecular flexibility index (Phi) is 6.87. The van der Waals surface area contributed by atoms with Gasteiger partial charge in [-0.3, -0.25) is 0 Å². The van der Waals surface area contributed by atoms with Crippen LogP contribution in [0.4, 0.5) is 0 Å². The summed E-state index contributed by atoms with van der Waals surface area (Å²) in [5, 5.41) is 12.0. The number of benzene rings is 1. The first-order chi connectivity index (χ1) is 9.56. The maximum atomic E-state index is 12.4. The summed E-state index contributed by atoms with van der Waals surface area (Å²) >= 11 is 0. The lowest BCUT2D eigenvalue weighted by Gasteiger charge is -2.19. The van der Waals surface area contributed by atoms with Gasteiger partial charge in [0.1, 0.15) is 0 Å². The molecule has 0 spiro atoms. The van der Waals surface area contributed by atoms with E-state index in [1.54, 1.807) is 12.1 Å². The summed E-state index contributed by atoms with van der Waals surface area (Å²) in [6, 6.07) is 6.84. The van der Waals surface area contributed by atoms with Crippen molar-refractivity contribution < 1.29 is 13.5 Å². The van der Waals surface area contributed by atoms with Crippen LogP contribution in [0.2, 0.25) is 0 Å². The van der Waals surface area contributed by atoms with Crippen LogP contribution in [0.15, 0.2) is 41.8 Å². The number of sulfonamides is 1. The van der Waals surface area contributed by atoms with Gasteiger partial charge in [0, 0.05) is 13.1 Å². The minimum atomic E-state index is -3.58. The lowest BCUT2D eigenvalue weighted by molar-refractivity contribution is 0.260. The molecule has 1 aromatic rings. The number of hydrogen-bond acceptors (Lipinski definition) is 4. The summed E-state index contributed by atoms with van der Waals surface area (Å²) in [6.07, 6.45) is 2.36. The Bertz CT molecular complexity index is 512. The van der Waals surface area contributed by atoms with Gasteiger partial charge in [0.2, 0.25) is 10.0 Å². The molecule has 0 bridgehead atoms. The number of aliphatic hydroxyl groups excluding tert-OH is 1. The van der Waals surface area contributed by atoms with Crippen molar-refractivity contribution in [3.05, 3.63) is 42.5 Å². The highest BCUT2D eigenvalue weighted by Crippen LogP contribution is 2.16. The molecule has 0 saturated carbocycles. The van der Waals surface area contributed by atoms with Crippen molar-refractivity contribution >= 4 is 10.0 Å². The van der Waals surface area contributed by atoms with E-state index in [1.807, 2.05) is 19.2 Å². The molecule has 0 heterocycles. The van der Waals surface area contributed by atoms with Gasteiger partial charge in [-0.25, -0.2) is 8.42 Å². The van der Waals surface area contributed by atoms with Gasteiger partial charge >= 0.3 is 0 Å². The zero-order chi connectivity index (χ0) is 15.0. The molecule has 6 heteroatoms. The number of nitrogens with zero attached hydrogens (tertiary/aromatic N) is 1. The number of rotatable bonds is 9. The van der Waals surface area contributed by atoms with Gasteiger partial charge in [-0.05, 0) is 37.7 Å². The van der Waals surface area contributed by atoms with Crippen LogP contribution in [-0.2, 0) is 16.4 Å². The third kappa shape index (κ3) is 4.42. The summed E-state index contributed by atoms with van der Waals surface area (Å²) in [5.74, 6) is 0. The van der Waals surface area contributed by atoms with Crippen molar-refractivity contribution in [3.63, 3.8) is 0 Å². The molecular weight excluding hydrogens is 276 g/mol. The standard InChI is InChI=1S/C14H22N2O3S/c1-3-10-16(11-12-17)20(18,19)14-6-4-13(5-7-14)8-9-15-2/h3-7,15,17H,1,8-12H2,2H3. The van der Waals surface area contributed by atoms with E-state index in [9.17, 15) is 8.42 Å². The SMILES string of the molecule is C=CCN(CCO)S(=O)(=O)c1ccc(CCNC)cc1. The van der Waals surface area contributed by atoms with E-state index in [0.29, 0.717) is 0 Å². The molecular formula is C14H22N2O3S. The average molecular weight is 298 g/mol. The molecule has 0 aliphatic heterocycles. The fraction of sp³-hybridized carbons (Fsp3) is 0.429. The monoisotopic (exact) mass is 298 g/mol. The van der Waals surface area contributed by atoms with Gasteiger partial charge in [0.05, 0.1) is 11.5 Å². The average Bonchev–Trinajstić information content (AvgIpc) is 2.45. The van der Waals surface area contributed by atoms with Crippen LogP contribution in [0.1, 0.15) is 5.56 Å². The van der Waals surface area contributed by atoms with Crippen LogP contribution in [0.5, 0.6) is 0 Å². The normalized spacial score (nSPS) is 11.8. The molecule has 0 aromatic heterocycles. The highest BCUT2D eigenvalue weighted by atomic mass is 32.2. The van der Waals surface area contributed by atoms with E-state index in [2.05, 4.69) is 11.9 Å². The fourth-order valence-electron chi connectivity index (χ4n) is 1.81. The Morgan fingerprint density at radius 3 is 2.50 bits per heavy atom. The van der Waals surface area contributed by atoms with Gasteiger partial charge in [-0.15, -0.1) is 6.58 Å². The molecule has 0 unspecified atom stereocenters. The lowest BCUT2D eigenvalue weighted by Crippen LogP contribution is -2.33. The molecule has 0 amide bonds. The molecule has 0 fully saturated rings. The van der Waals surface area contributed by atoms with Crippen LogP contribution in [0.3, 0.4) is 0 Å². The Labute approximate surface area is 121 Å². The molecule has 5 nitrogen and oxygen atoms in total. The summed E-state index contributed by atoms with van der Waals surface area (Å²) < 4.78 is 26.0. The molecule has 0 aliphatic carbocycles. The zero-order valence-corrected chi connectivity index (χ0v) is 12.6. The second kappa shape index (κ2) is 8.16. The van der Waals surface area contributed by atoms with Gasteiger partial charge in [0.25, 0.3) is 0 Å². The van der Waals surface area contributed by atoms with Crippen molar-refractivity contribution in [1.29, 1.82) is 0 Å². The van der Waals surface area contributed by atoms with Crippen molar-refractivity contribution in [1.82, 2.24) is 9.62 Å². The minimum Gasteiger partial charge on any atom is -0.395 e. The third-order valence-electron chi connectivity index (χ3n) is 2.91. The zero-order valence-electron chi connectivity index (χ0n) is 11.7. The van der Waals surface area contributed by atoms with E-state index in [1.165, 1.54) is 10.4 Å².